The van der Waals surface area contributed by atoms with E-state index in [4.69, 9.17) is 9.47 Å². The van der Waals surface area contributed by atoms with Crippen LogP contribution in [0, 0.1) is 5.92 Å². The van der Waals surface area contributed by atoms with Gasteiger partial charge in [0.25, 0.3) is 0 Å². The highest BCUT2D eigenvalue weighted by atomic mass is 16.5. The first-order valence-corrected chi connectivity index (χ1v) is 8.10. The van der Waals surface area contributed by atoms with Crippen molar-refractivity contribution in [2.24, 2.45) is 5.92 Å². The fourth-order valence-electron chi connectivity index (χ4n) is 3.95. The summed E-state index contributed by atoms with van der Waals surface area (Å²) in [7, 11) is 1.37. The Morgan fingerprint density at radius 2 is 2.23 bits per heavy atom. The van der Waals surface area contributed by atoms with E-state index in [1.165, 1.54) is 13.5 Å². The van der Waals surface area contributed by atoms with Crippen molar-refractivity contribution in [3.63, 3.8) is 0 Å². The molecule has 1 saturated carbocycles. The largest absolute Gasteiger partial charge is 0.464 e. The van der Waals surface area contributed by atoms with E-state index in [0.717, 1.165) is 25.1 Å². The summed E-state index contributed by atoms with van der Waals surface area (Å²) in [6.45, 7) is 5.27. The fourth-order valence-corrected chi connectivity index (χ4v) is 3.95. The van der Waals surface area contributed by atoms with E-state index in [-0.39, 0.29) is 0 Å². The molecule has 0 spiro atoms. The van der Waals surface area contributed by atoms with Crippen LogP contribution in [0.1, 0.15) is 43.6 Å². The van der Waals surface area contributed by atoms with Gasteiger partial charge in [0, 0.05) is 24.6 Å². The third-order valence-electron chi connectivity index (χ3n) is 4.95. The van der Waals surface area contributed by atoms with Crippen molar-refractivity contribution in [2.75, 3.05) is 18.6 Å². The topological polar surface area (TPSA) is 51.7 Å². The lowest BCUT2D eigenvalue weighted by Crippen LogP contribution is -2.45. The standard InChI is InChI=1S/C17H24N2O3/c1-4-7-22-16-9-13-8-14(16)11(2)19(13)12-5-6-15(18-10-12)17(20)21-3/h5-6,10-11,13-14,16H,4,7-9H2,1-3H3. The molecule has 4 unspecified atom stereocenters. The van der Waals surface area contributed by atoms with Crippen molar-refractivity contribution in [2.45, 2.75) is 51.3 Å². The molecule has 2 aliphatic rings. The number of pyridine rings is 1. The third-order valence-corrected chi connectivity index (χ3v) is 4.95. The van der Waals surface area contributed by atoms with Crippen molar-refractivity contribution in [1.29, 1.82) is 0 Å². The first-order chi connectivity index (χ1) is 10.7. The predicted molar refractivity (Wildman–Crippen MR) is 84.1 cm³/mol. The number of nitrogens with zero attached hydrogens (tertiary/aromatic N) is 2. The highest BCUT2D eigenvalue weighted by Gasteiger charge is 2.49. The molecule has 22 heavy (non-hydrogen) atoms. The van der Waals surface area contributed by atoms with Gasteiger partial charge in [0.05, 0.1) is 25.1 Å². The maximum absolute atomic E-state index is 11.5. The molecular formula is C17H24N2O3. The van der Waals surface area contributed by atoms with E-state index in [1.54, 1.807) is 12.3 Å². The predicted octanol–water partition coefficient (Wildman–Crippen LogP) is 2.65. The molecule has 5 heteroatoms. The normalized spacial score (nSPS) is 29.9. The summed E-state index contributed by atoms with van der Waals surface area (Å²) in [5.41, 5.74) is 1.44. The Morgan fingerprint density at radius 3 is 2.82 bits per heavy atom. The lowest BCUT2D eigenvalue weighted by Gasteiger charge is -2.38. The van der Waals surface area contributed by atoms with Crippen LogP contribution in [-0.2, 0) is 9.47 Å². The number of piperidine rings is 1. The SMILES string of the molecule is CCCOC1CC2CC1C(C)N2c1ccc(C(=O)OC)nc1. The number of anilines is 1. The summed E-state index contributed by atoms with van der Waals surface area (Å²) >= 11 is 0. The van der Waals surface area contributed by atoms with Crippen LogP contribution in [0.3, 0.4) is 0 Å². The summed E-state index contributed by atoms with van der Waals surface area (Å²) in [5.74, 6) is 0.201. The molecule has 2 heterocycles. The van der Waals surface area contributed by atoms with E-state index in [2.05, 4.69) is 23.7 Å². The van der Waals surface area contributed by atoms with Gasteiger partial charge in [-0.1, -0.05) is 6.92 Å². The van der Waals surface area contributed by atoms with Crippen LogP contribution in [0.4, 0.5) is 5.69 Å². The van der Waals surface area contributed by atoms with Gasteiger partial charge in [0.2, 0.25) is 0 Å². The Labute approximate surface area is 131 Å². The Kier molecular flexibility index (Phi) is 4.34. The summed E-state index contributed by atoms with van der Waals surface area (Å²) in [4.78, 5) is 18.1. The van der Waals surface area contributed by atoms with Crippen molar-refractivity contribution in [1.82, 2.24) is 4.98 Å². The Balaban J connectivity index is 1.71. The smallest absolute Gasteiger partial charge is 0.356 e. The summed E-state index contributed by atoms with van der Waals surface area (Å²) in [6, 6.07) is 4.68. The summed E-state index contributed by atoms with van der Waals surface area (Å²) in [5, 5.41) is 0. The zero-order valence-electron chi connectivity index (χ0n) is 13.5. The number of methoxy groups -OCH3 is 1. The zero-order valence-corrected chi connectivity index (χ0v) is 13.5. The molecule has 3 rings (SSSR count). The van der Waals surface area contributed by atoms with Gasteiger partial charge < -0.3 is 14.4 Å². The van der Waals surface area contributed by atoms with Gasteiger partial charge in [-0.3, -0.25) is 0 Å². The van der Waals surface area contributed by atoms with Gasteiger partial charge >= 0.3 is 5.97 Å². The Morgan fingerprint density at radius 1 is 1.41 bits per heavy atom. The number of hydrogen-bond acceptors (Lipinski definition) is 5. The molecule has 0 N–H and O–H groups in total. The fraction of sp³-hybridized carbons (Fsp3) is 0.647. The van der Waals surface area contributed by atoms with E-state index in [1.807, 2.05) is 6.07 Å². The van der Waals surface area contributed by atoms with Crippen molar-refractivity contribution >= 4 is 11.7 Å². The van der Waals surface area contributed by atoms with Crippen LogP contribution >= 0.6 is 0 Å². The molecule has 1 aromatic heterocycles. The zero-order chi connectivity index (χ0) is 15.7. The van der Waals surface area contributed by atoms with Gasteiger partial charge in [-0.2, -0.15) is 0 Å². The number of hydrogen-bond donors (Lipinski definition) is 0. The van der Waals surface area contributed by atoms with Crippen LogP contribution in [0.25, 0.3) is 0 Å². The molecule has 0 radical (unpaired) electrons. The van der Waals surface area contributed by atoms with Crippen molar-refractivity contribution < 1.29 is 14.3 Å². The molecule has 1 saturated heterocycles. The molecule has 120 valence electrons. The first kappa shape index (κ1) is 15.3. The van der Waals surface area contributed by atoms with Gasteiger partial charge in [-0.05, 0) is 38.3 Å². The second-order valence-electron chi connectivity index (χ2n) is 6.24. The molecule has 0 aromatic carbocycles. The molecule has 5 nitrogen and oxygen atoms in total. The molecule has 1 aliphatic carbocycles. The van der Waals surface area contributed by atoms with Crippen LogP contribution in [0.5, 0.6) is 0 Å². The van der Waals surface area contributed by atoms with Gasteiger partial charge in [-0.15, -0.1) is 0 Å². The second-order valence-corrected chi connectivity index (χ2v) is 6.24. The Bertz CT molecular complexity index is 529. The van der Waals surface area contributed by atoms with Gasteiger partial charge in [0.1, 0.15) is 5.69 Å². The number of fused-ring (bicyclic) bond motifs is 2. The lowest BCUT2D eigenvalue weighted by molar-refractivity contribution is 0.0157. The summed E-state index contributed by atoms with van der Waals surface area (Å²) < 4.78 is 10.7. The monoisotopic (exact) mass is 304 g/mol. The van der Waals surface area contributed by atoms with Crippen LogP contribution in [0.2, 0.25) is 0 Å². The van der Waals surface area contributed by atoms with Crippen molar-refractivity contribution in [3.05, 3.63) is 24.0 Å². The van der Waals surface area contributed by atoms with Crippen LogP contribution in [-0.4, -0.2) is 42.9 Å². The number of rotatable bonds is 5. The second kappa shape index (κ2) is 6.24. The van der Waals surface area contributed by atoms with E-state index in [0.29, 0.717) is 29.8 Å². The minimum absolute atomic E-state index is 0.354. The van der Waals surface area contributed by atoms with E-state index < -0.39 is 5.97 Å². The molecule has 2 fully saturated rings. The minimum atomic E-state index is -0.393. The van der Waals surface area contributed by atoms with Crippen LogP contribution < -0.4 is 4.90 Å². The maximum atomic E-state index is 11.5. The highest BCUT2D eigenvalue weighted by molar-refractivity contribution is 5.87. The van der Waals surface area contributed by atoms with E-state index in [9.17, 15) is 4.79 Å². The molecule has 1 aromatic rings. The van der Waals surface area contributed by atoms with Crippen molar-refractivity contribution in [3.8, 4) is 0 Å². The van der Waals surface area contributed by atoms with Gasteiger partial charge in [-0.25, -0.2) is 9.78 Å². The maximum Gasteiger partial charge on any atom is 0.356 e. The number of aromatic nitrogens is 1. The molecular weight excluding hydrogens is 280 g/mol. The van der Waals surface area contributed by atoms with Gasteiger partial charge in [0.15, 0.2) is 0 Å². The van der Waals surface area contributed by atoms with E-state index >= 15 is 0 Å². The number of carbonyl (C=O) groups is 1. The third kappa shape index (κ3) is 2.58. The molecule has 0 amide bonds. The average Bonchev–Trinajstić information content (AvgIpc) is 3.10. The number of ether oxygens (including phenoxy) is 2. The summed E-state index contributed by atoms with van der Waals surface area (Å²) in [6.07, 6.45) is 5.54. The first-order valence-electron chi connectivity index (χ1n) is 8.10. The molecule has 2 bridgehead atoms. The highest BCUT2D eigenvalue weighted by Crippen LogP contribution is 2.45. The number of esters is 1. The number of carbonyl (C=O) groups excluding carboxylic acids is 1. The molecule has 1 aliphatic heterocycles. The van der Waals surface area contributed by atoms with Crippen LogP contribution in [0.15, 0.2) is 18.3 Å². The quantitative estimate of drug-likeness (QED) is 0.783. The molecule has 4 atom stereocenters. The lowest BCUT2D eigenvalue weighted by atomic mass is 9.97. The average molecular weight is 304 g/mol. The Hall–Kier alpha value is -1.62. The minimum Gasteiger partial charge on any atom is -0.464 e.